The number of aromatic nitrogens is 1. The number of furan rings is 1. The molecule has 246 valence electrons. The van der Waals surface area contributed by atoms with Crippen molar-refractivity contribution in [3.8, 4) is 5.69 Å². The summed E-state index contributed by atoms with van der Waals surface area (Å²) >= 11 is 0. The summed E-state index contributed by atoms with van der Waals surface area (Å²) in [5.74, 6) is 0. The molecule has 0 aliphatic heterocycles. The van der Waals surface area contributed by atoms with Gasteiger partial charge in [-0.05, 0) is 91.0 Å². The Morgan fingerprint density at radius 3 is 1.35 bits per heavy atom. The average Bonchev–Trinajstić information content (AvgIpc) is 3.76. The zero-order valence-corrected chi connectivity index (χ0v) is 28.3. The molecule has 0 spiro atoms. The Kier molecular flexibility index (Phi) is 7.10. The molecule has 2 heterocycles. The van der Waals surface area contributed by atoms with E-state index in [2.05, 4.69) is 208 Å². The zero-order chi connectivity index (χ0) is 34.4. The van der Waals surface area contributed by atoms with Crippen molar-refractivity contribution in [2.45, 2.75) is 0 Å². The van der Waals surface area contributed by atoms with E-state index < -0.39 is 0 Å². The van der Waals surface area contributed by atoms with Gasteiger partial charge in [-0.3, -0.25) is 0 Å². The molecule has 4 heteroatoms. The van der Waals surface area contributed by atoms with Gasteiger partial charge in [0.25, 0.3) is 0 Å². The van der Waals surface area contributed by atoms with Crippen LogP contribution in [-0.2, 0) is 0 Å². The highest BCUT2D eigenvalue weighted by Gasteiger charge is 2.23. The van der Waals surface area contributed by atoms with Gasteiger partial charge in [0.1, 0.15) is 11.2 Å². The molecule has 0 saturated heterocycles. The molecule has 0 radical (unpaired) electrons. The van der Waals surface area contributed by atoms with Gasteiger partial charge in [-0.1, -0.05) is 109 Å². The van der Waals surface area contributed by atoms with Crippen molar-refractivity contribution >= 4 is 77.9 Å². The first-order chi connectivity index (χ1) is 25.8. The van der Waals surface area contributed by atoms with Gasteiger partial charge in [-0.2, -0.15) is 0 Å². The highest BCUT2D eigenvalue weighted by Crippen LogP contribution is 2.45. The minimum atomic E-state index is 0.875. The largest absolute Gasteiger partial charge is 0.456 e. The lowest BCUT2D eigenvalue weighted by Crippen LogP contribution is -2.14. The molecule has 2 aromatic heterocycles. The highest BCUT2D eigenvalue weighted by molar-refractivity contribution is 6.24. The van der Waals surface area contributed by atoms with E-state index >= 15 is 0 Å². The number of hydrogen-bond donors (Lipinski definition) is 0. The summed E-state index contributed by atoms with van der Waals surface area (Å²) in [6.07, 6.45) is 0. The van der Waals surface area contributed by atoms with Crippen LogP contribution in [0.5, 0.6) is 0 Å². The SMILES string of the molecule is c1ccc(N(c2ccccc2)c2cc(N(c3ccccc3)c3ccccc3)cc(-n3c4ccccc4c4ccc5oc6ccccc6c5c43)c2)cc1. The van der Waals surface area contributed by atoms with E-state index in [1.165, 1.54) is 10.8 Å². The molecule has 0 atom stereocenters. The summed E-state index contributed by atoms with van der Waals surface area (Å²) in [5.41, 5.74) is 11.5. The van der Waals surface area contributed by atoms with Crippen LogP contribution in [0.2, 0.25) is 0 Å². The van der Waals surface area contributed by atoms with Crippen molar-refractivity contribution in [3.63, 3.8) is 0 Å². The summed E-state index contributed by atoms with van der Waals surface area (Å²) in [5, 5.41) is 4.60. The van der Waals surface area contributed by atoms with Gasteiger partial charge in [0.2, 0.25) is 0 Å². The summed E-state index contributed by atoms with van der Waals surface area (Å²) < 4.78 is 8.91. The number of para-hydroxylation sites is 6. The summed E-state index contributed by atoms with van der Waals surface area (Å²) in [6.45, 7) is 0. The Bertz CT molecular complexity index is 2660. The fraction of sp³-hybridized carbons (Fsp3) is 0. The fourth-order valence-corrected chi connectivity index (χ4v) is 7.70. The lowest BCUT2D eigenvalue weighted by Gasteiger charge is -2.30. The first-order valence-corrected chi connectivity index (χ1v) is 17.6. The van der Waals surface area contributed by atoms with Crippen LogP contribution in [0.4, 0.5) is 34.1 Å². The first kappa shape index (κ1) is 29.8. The number of nitrogens with zero attached hydrogens (tertiary/aromatic N) is 3. The first-order valence-electron chi connectivity index (χ1n) is 17.6. The van der Waals surface area contributed by atoms with E-state index in [0.29, 0.717) is 0 Å². The van der Waals surface area contributed by atoms with Crippen LogP contribution in [0.3, 0.4) is 0 Å². The van der Waals surface area contributed by atoms with E-state index in [1.54, 1.807) is 0 Å². The number of fused-ring (bicyclic) bond motifs is 7. The molecule has 0 N–H and O–H groups in total. The quantitative estimate of drug-likeness (QED) is 0.169. The van der Waals surface area contributed by atoms with Crippen molar-refractivity contribution < 1.29 is 4.42 Å². The monoisotopic (exact) mass is 667 g/mol. The second-order valence-corrected chi connectivity index (χ2v) is 13.0. The third kappa shape index (κ3) is 4.92. The molecule has 10 aromatic rings. The van der Waals surface area contributed by atoms with Crippen LogP contribution >= 0.6 is 0 Å². The van der Waals surface area contributed by atoms with E-state index in [9.17, 15) is 0 Å². The number of benzene rings is 8. The van der Waals surface area contributed by atoms with Gasteiger partial charge in [-0.15, -0.1) is 0 Å². The molecule has 4 nitrogen and oxygen atoms in total. The van der Waals surface area contributed by atoms with Crippen molar-refractivity contribution in [1.82, 2.24) is 4.57 Å². The Balaban J connectivity index is 1.35. The number of anilines is 6. The smallest absolute Gasteiger partial charge is 0.137 e. The number of hydrogen-bond acceptors (Lipinski definition) is 3. The predicted molar refractivity (Wildman–Crippen MR) is 217 cm³/mol. The molecule has 10 rings (SSSR count). The Labute approximate surface area is 301 Å². The maximum atomic E-state index is 6.47. The van der Waals surface area contributed by atoms with E-state index in [4.69, 9.17) is 4.42 Å². The molecule has 0 amide bonds. The maximum absolute atomic E-state index is 6.47. The molecular formula is C48H33N3O. The highest BCUT2D eigenvalue weighted by atomic mass is 16.3. The molecule has 0 saturated carbocycles. The van der Waals surface area contributed by atoms with Crippen LogP contribution < -0.4 is 9.80 Å². The van der Waals surface area contributed by atoms with Gasteiger partial charge >= 0.3 is 0 Å². The average molecular weight is 668 g/mol. The molecule has 52 heavy (non-hydrogen) atoms. The summed E-state index contributed by atoms with van der Waals surface area (Å²) in [7, 11) is 0. The third-order valence-corrected chi connectivity index (χ3v) is 9.89. The molecule has 0 aliphatic carbocycles. The van der Waals surface area contributed by atoms with Crippen molar-refractivity contribution in [3.05, 3.63) is 200 Å². The lowest BCUT2D eigenvalue weighted by atomic mass is 10.1. The molecular weight excluding hydrogens is 635 g/mol. The van der Waals surface area contributed by atoms with Crippen LogP contribution in [0.15, 0.2) is 205 Å². The van der Waals surface area contributed by atoms with Crippen molar-refractivity contribution in [2.75, 3.05) is 9.80 Å². The zero-order valence-electron chi connectivity index (χ0n) is 28.3. The Morgan fingerprint density at radius 1 is 0.346 bits per heavy atom. The molecule has 0 fully saturated rings. The standard InChI is InChI=1S/C48H33N3O/c1-5-17-34(18-6-1)49(35-19-7-2-8-20-35)38-31-39(50(36-21-9-3-10-22-36)37-23-11-4-12-24-37)33-40(32-38)51-44-27-15-13-25-41(44)42-29-30-46-47(48(42)51)43-26-14-16-28-45(43)52-46/h1-33H. The van der Waals surface area contributed by atoms with Gasteiger partial charge in [-0.25, -0.2) is 0 Å². The van der Waals surface area contributed by atoms with E-state index in [1.807, 2.05) is 6.07 Å². The topological polar surface area (TPSA) is 24.6 Å². The minimum absolute atomic E-state index is 0.875. The number of rotatable bonds is 7. The van der Waals surface area contributed by atoms with Crippen molar-refractivity contribution in [1.29, 1.82) is 0 Å². The van der Waals surface area contributed by atoms with Crippen LogP contribution in [0.25, 0.3) is 49.4 Å². The molecule has 0 bridgehead atoms. The third-order valence-electron chi connectivity index (χ3n) is 9.89. The van der Waals surface area contributed by atoms with Crippen LogP contribution in [0.1, 0.15) is 0 Å². The lowest BCUT2D eigenvalue weighted by molar-refractivity contribution is 0.669. The van der Waals surface area contributed by atoms with Gasteiger partial charge in [0.05, 0.1) is 33.5 Å². The molecule has 8 aromatic carbocycles. The van der Waals surface area contributed by atoms with Crippen molar-refractivity contribution in [2.24, 2.45) is 0 Å². The summed E-state index contributed by atoms with van der Waals surface area (Å²) in [4.78, 5) is 4.69. The van der Waals surface area contributed by atoms with Crippen LogP contribution in [0, 0.1) is 0 Å². The maximum Gasteiger partial charge on any atom is 0.137 e. The van der Waals surface area contributed by atoms with E-state index in [0.717, 1.165) is 72.8 Å². The normalized spacial score (nSPS) is 11.5. The fourth-order valence-electron chi connectivity index (χ4n) is 7.70. The second-order valence-electron chi connectivity index (χ2n) is 13.0. The second kappa shape index (κ2) is 12.4. The van der Waals surface area contributed by atoms with Crippen LogP contribution in [-0.4, -0.2) is 4.57 Å². The van der Waals surface area contributed by atoms with Gasteiger partial charge < -0.3 is 18.8 Å². The predicted octanol–water partition coefficient (Wildman–Crippen LogP) is 13.6. The van der Waals surface area contributed by atoms with E-state index in [-0.39, 0.29) is 0 Å². The molecule has 0 aliphatic rings. The van der Waals surface area contributed by atoms with Gasteiger partial charge in [0.15, 0.2) is 0 Å². The minimum Gasteiger partial charge on any atom is -0.456 e. The Hall–Kier alpha value is -7.04. The summed E-state index contributed by atoms with van der Waals surface area (Å²) in [6, 6.07) is 70.8. The molecule has 0 unspecified atom stereocenters. The Morgan fingerprint density at radius 2 is 0.808 bits per heavy atom. The van der Waals surface area contributed by atoms with Gasteiger partial charge in [0, 0.05) is 38.9 Å².